The lowest BCUT2D eigenvalue weighted by molar-refractivity contribution is -0.140. The Labute approximate surface area is 103 Å². The predicted molar refractivity (Wildman–Crippen MR) is 65.7 cm³/mol. The zero-order valence-corrected chi connectivity index (χ0v) is 10.9. The van der Waals surface area contributed by atoms with Crippen LogP contribution in [0, 0.1) is 5.41 Å². The van der Waals surface area contributed by atoms with Crippen molar-refractivity contribution in [1.82, 2.24) is 4.90 Å². The Bertz CT molecular complexity index is 278. The fraction of sp³-hybridized carbons (Fsp3) is 0.846. The number of nitrogens with zero attached hydrogens (tertiary/aromatic N) is 1. The number of rotatable bonds is 4. The summed E-state index contributed by atoms with van der Waals surface area (Å²) >= 11 is 0. The molecule has 0 spiro atoms. The Hall–Kier alpha value is -1.06. The highest BCUT2D eigenvalue weighted by atomic mass is 16.4. The normalized spacial score (nSPS) is 17.6. The van der Waals surface area contributed by atoms with Crippen LogP contribution in [0.15, 0.2) is 0 Å². The minimum absolute atomic E-state index is 0.0482. The topological polar surface area (TPSA) is 57.6 Å². The van der Waals surface area contributed by atoms with Gasteiger partial charge in [-0.25, -0.2) is 0 Å². The second-order valence-corrected chi connectivity index (χ2v) is 5.71. The molecule has 1 saturated heterocycles. The Morgan fingerprint density at radius 2 is 1.59 bits per heavy atom. The minimum atomic E-state index is -0.835. The van der Waals surface area contributed by atoms with Gasteiger partial charge in [0.1, 0.15) is 0 Å². The molecule has 0 saturated carbocycles. The maximum absolute atomic E-state index is 12.1. The average Bonchev–Trinajstić information content (AvgIpc) is 2.41. The SMILES string of the molecule is CC(C)(CC(=O)O)CC(=O)N1CCCCCC1. The first-order valence-electron chi connectivity index (χ1n) is 6.40. The molecule has 1 heterocycles. The molecule has 1 amide bonds. The first-order valence-corrected chi connectivity index (χ1v) is 6.40. The van der Waals surface area contributed by atoms with Gasteiger partial charge in [0.2, 0.25) is 5.91 Å². The van der Waals surface area contributed by atoms with Crippen LogP contribution in [-0.2, 0) is 9.59 Å². The van der Waals surface area contributed by atoms with E-state index in [1.165, 1.54) is 12.8 Å². The molecule has 4 heteroatoms. The van der Waals surface area contributed by atoms with Gasteiger partial charge < -0.3 is 10.0 Å². The summed E-state index contributed by atoms with van der Waals surface area (Å²) in [5.74, 6) is -0.725. The molecule has 0 aromatic carbocycles. The molecule has 1 rings (SSSR count). The molecule has 0 atom stereocenters. The molecule has 0 radical (unpaired) electrons. The molecule has 0 aliphatic carbocycles. The third kappa shape index (κ3) is 5.20. The summed E-state index contributed by atoms with van der Waals surface area (Å²) in [6.07, 6.45) is 4.92. The van der Waals surface area contributed by atoms with Crippen molar-refractivity contribution in [2.24, 2.45) is 5.41 Å². The van der Waals surface area contributed by atoms with Gasteiger partial charge in [-0.3, -0.25) is 9.59 Å². The van der Waals surface area contributed by atoms with E-state index in [0.29, 0.717) is 6.42 Å². The minimum Gasteiger partial charge on any atom is -0.481 e. The van der Waals surface area contributed by atoms with E-state index in [2.05, 4.69) is 0 Å². The molecule has 0 unspecified atom stereocenters. The van der Waals surface area contributed by atoms with E-state index in [1.807, 2.05) is 18.7 Å². The highest BCUT2D eigenvalue weighted by molar-refractivity contribution is 5.78. The van der Waals surface area contributed by atoms with Crippen molar-refractivity contribution < 1.29 is 14.7 Å². The van der Waals surface area contributed by atoms with E-state index in [4.69, 9.17) is 5.11 Å². The van der Waals surface area contributed by atoms with Crippen LogP contribution < -0.4 is 0 Å². The molecule has 1 fully saturated rings. The van der Waals surface area contributed by atoms with Gasteiger partial charge in [0.05, 0.1) is 6.42 Å². The number of aliphatic carboxylic acids is 1. The van der Waals surface area contributed by atoms with Crippen LogP contribution >= 0.6 is 0 Å². The zero-order valence-electron chi connectivity index (χ0n) is 10.9. The summed E-state index contributed by atoms with van der Waals surface area (Å²) in [5, 5.41) is 8.79. The molecule has 1 N–H and O–H groups in total. The first kappa shape index (κ1) is 14.0. The summed E-state index contributed by atoms with van der Waals surface area (Å²) in [6.45, 7) is 5.36. The van der Waals surface area contributed by atoms with E-state index in [-0.39, 0.29) is 12.3 Å². The van der Waals surface area contributed by atoms with Crippen molar-refractivity contribution in [1.29, 1.82) is 0 Å². The molecular formula is C13H23NO3. The van der Waals surface area contributed by atoms with Crippen LogP contribution in [0.25, 0.3) is 0 Å². The van der Waals surface area contributed by atoms with Gasteiger partial charge in [-0.05, 0) is 18.3 Å². The second-order valence-electron chi connectivity index (χ2n) is 5.71. The van der Waals surface area contributed by atoms with Crippen molar-refractivity contribution in [3.8, 4) is 0 Å². The van der Waals surface area contributed by atoms with Gasteiger partial charge >= 0.3 is 5.97 Å². The van der Waals surface area contributed by atoms with Crippen LogP contribution in [0.3, 0.4) is 0 Å². The van der Waals surface area contributed by atoms with E-state index in [0.717, 1.165) is 25.9 Å². The van der Waals surface area contributed by atoms with Gasteiger partial charge in [-0.2, -0.15) is 0 Å². The largest absolute Gasteiger partial charge is 0.481 e. The summed E-state index contributed by atoms with van der Waals surface area (Å²) in [7, 11) is 0. The number of likely N-dealkylation sites (tertiary alicyclic amines) is 1. The first-order chi connectivity index (χ1) is 7.91. The van der Waals surface area contributed by atoms with Crippen LogP contribution in [-0.4, -0.2) is 35.0 Å². The maximum Gasteiger partial charge on any atom is 0.303 e. The molecule has 17 heavy (non-hydrogen) atoms. The van der Waals surface area contributed by atoms with Gasteiger partial charge in [0, 0.05) is 19.5 Å². The maximum atomic E-state index is 12.1. The molecule has 1 aliphatic heterocycles. The molecule has 0 aromatic heterocycles. The number of hydrogen-bond donors (Lipinski definition) is 1. The quantitative estimate of drug-likeness (QED) is 0.821. The number of carboxylic acid groups (broad SMARTS) is 1. The lowest BCUT2D eigenvalue weighted by atomic mass is 9.85. The van der Waals surface area contributed by atoms with E-state index >= 15 is 0 Å². The summed E-state index contributed by atoms with van der Waals surface area (Å²) in [6, 6.07) is 0. The number of hydrogen-bond acceptors (Lipinski definition) is 2. The van der Waals surface area contributed by atoms with Gasteiger partial charge in [0.15, 0.2) is 0 Å². The lowest BCUT2D eigenvalue weighted by Gasteiger charge is -2.27. The van der Waals surface area contributed by atoms with Crippen molar-refractivity contribution in [2.45, 2.75) is 52.4 Å². The second kappa shape index (κ2) is 6.03. The number of carbonyl (C=O) groups is 2. The van der Waals surface area contributed by atoms with Crippen LogP contribution in [0.1, 0.15) is 52.4 Å². The van der Waals surface area contributed by atoms with Crippen molar-refractivity contribution in [2.75, 3.05) is 13.1 Å². The molecule has 98 valence electrons. The molecule has 0 aromatic rings. The predicted octanol–water partition coefficient (Wildman–Crippen LogP) is 2.28. The van der Waals surface area contributed by atoms with E-state index in [9.17, 15) is 9.59 Å². The van der Waals surface area contributed by atoms with Crippen molar-refractivity contribution in [3.05, 3.63) is 0 Å². The summed E-state index contributed by atoms with van der Waals surface area (Å²) in [4.78, 5) is 24.7. The fourth-order valence-electron chi connectivity index (χ4n) is 2.31. The molecule has 4 nitrogen and oxygen atoms in total. The summed E-state index contributed by atoms with van der Waals surface area (Å²) < 4.78 is 0. The van der Waals surface area contributed by atoms with Gasteiger partial charge in [-0.1, -0.05) is 26.7 Å². The third-order valence-electron chi connectivity index (χ3n) is 3.22. The number of amides is 1. The highest BCUT2D eigenvalue weighted by Gasteiger charge is 2.27. The van der Waals surface area contributed by atoms with Crippen molar-refractivity contribution in [3.63, 3.8) is 0 Å². The van der Waals surface area contributed by atoms with Crippen LogP contribution in [0.4, 0.5) is 0 Å². The van der Waals surface area contributed by atoms with Gasteiger partial charge in [0.25, 0.3) is 0 Å². The Balaban J connectivity index is 2.48. The standard InChI is InChI=1S/C13H23NO3/c1-13(2,10-12(16)17)9-11(15)14-7-5-3-4-6-8-14/h3-10H2,1-2H3,(H,16,17). The number of carboxylic acids is 1. The average molecular weight is 241 g/mol. The van der Waals surface area contributed by atoms with Crippen molar-refractivity contribution >= 4 is 11.9 Å². The zero-order chi connectivity index (χ0) is 12.9. The monoisotopic (exact) mass is 241 g/mol. The van der Waals surface area contributed by atoms with Crippen LogP contribution in [0.2, 0.25) is 0 Å². The smallest absolute Gasteiger partial charge is 0.303 e. The Morgan fingerprint density at radius 1 is 1.06 bits per heavy atom. The van der Waals surface area contributed by atoms with Gasteiger partial charge in [-0.15, -0.1) is 0 Å². The fourth-order valence-corrected chi connectivity index (χ4v) is 2.31. The van der Waals surface area contributed by atoms with E-state index < -0.39 is 11.4 Å². The number of carbonyl (C=O) groups excluding carboxylic acids is 1. The highest BCUT2D eigenvalue weighted by Crippen LogP contribution is 2.26. The van der Waals surface area contributed by atoms with E-state index in [1.54, 1.807) is 0 Å². The lowest BCUT2D eigenvalue weighted by Crippen LogP contribution is -2.35. The Morgan fingerprint density at radius 3 is 2.06 bits per heavy atom. The molecule has 1 aliphatic rings. The van der Waals surface area contributed by atoms with Crippen LogP contribution in [0.5, 0.6) is 0 Å². The molecule has 0 bridgehead atoms. The summed E-state index contributed by atoms with van der Waals surface area (Å²) in [5.41, 5.74) is -0.449. The molecular weight excluding hydrogens is 218 g/mol. The Kier molecular flexibility index (Phi) is 4.97. The third-order valence-corrected chi connectivity index (χ3v) is 3.22.